The van der Waals surface area contributed by atoms with Crippen LogP contribution >= 0.6 is 0 Å². The third-order valence-electron chi connectivity index (χ3n) is 3.36. The Hall–Kier alpha value is -1.32. The number of nitrogens with two attached hydrogens (primary N) is 1. The molecule has 19 heavy (non-hydrogen) atoms. The third kappa shape index (κ3) is 5.90. The smallest absolute Gasteiger partial charge is 0.122 e. The molecular weight excluding hydrogens is 236 g/mol. The van der Waals surface area contributed by atoms with E-state index in [0.717, 1.165) is 25.0 Å². The van der Waals surface area contributed by atoms with Crippen LogP contribution in [-0.2, 0) is 6.42 Å². The average Bonchev–Trinajstić information content (AvgIpc) is 2.46. The first-order valence-electron chi connectivity index (χ1n) is 7.00. The van der Waals surface area contributed by atoms with Gasteiger partial charge in [0, 0.05) is 6.04 Å². The van der Waals surface area contributed by atoms with E-state index in [0.29, 0.717) is 6.04 Å². The summed E-state index contributed by atoms with van der Waals surface area (Å²) in [5, 5.41) is 0. The molecule has 1 rings (SSSR count). The van der Waals surface area contributed by atoms with Gasteiger partial charge < -0.3 is 4.74 Å². The number of allylic oxidation sites excluding steroid dienone is 1. The van der Waals surface area contributed by atoms with E-state index in [2.05, 4.69) is 18.1 Å². The number of nitrogens with one attached hydrogen (secondary N) is 1. The average molecular weight is 262 g/mol. The fourth-order valence-electron chi connectivity index (χ4n) is 2.24. The Balaban J connectivity index is 2.40. The second kappa shape index (κ2) is 9.59. The van der Waals surface area contributed by atoms with Crippen molar-refractivity contribution >= 4 is 0 Å². The Morgan fingerprint density at radius 1 is 1.32 bits per heavy atom. The highest BCUT2D eigenvalue weighted by atomic mass is 16.5. The molecule has 3 N–H and O–H groups in total. The highest BCUT2D eigenvalue weighted by Crippen LogP contribution is 2.20. The lowest BCUT2D eigenvalue weighted by atomic mass is 10.00. The van der Waals surface area contributed by atoms with Gasteiger partial charge in [0.1, 0.15) is 5.75 Å². The molecule has 0 bridgehead atoms. The Morgan fingerprint density at radius 3 is 2.79 bits per heavy atom. The monoisotopic (exact) mass is 262 g/mol. The van der Waals surface area contributed by atoms with Gasteiger partial charge in [-0.3, -0.25) is 11.3 Å². The van der Waals surface area contributed by atoms with Crippen LogP contribution in [0.5, 0.6) is 5.75 Å². The van der Waals surface area contributed by atoms with Crippen LogP contribution in [0.25, 0.3) is 0 Å². The number of hydrogen-bond donors (Lipinski definition) is 2. The van der Waals surface area contributed by atoms with Crippen molar-refractivity contribution in [3.05, 3.63) is 42.5 Å². The lowest BCUT2D eigenvalue weighted by molar-refractivity contribution is 0.401. The van der Waals surface area contributed by atoms with Crippen LogP contribution in [0.15, 0.2) is 36.9 Å². The minimum Gasteiger partial charge on any atom is -0.496 e. The van der Waals surface area contributed by atoms with E-state index in [-0.39, 0.29) is 0 Å². The Morgan fingerprint density at radius 2 is 2.11 bits per heavy atom. The lowest BCUT2D eigenvalue weighted by Crippen LogP contribution is -2.36. The molecule has 0 aliphatic rings. The van der Waals surface area contributed by atoms with Crippen LogP contribution in [0.2, 0.25) is 0 Å². The molecule has 0 aliphatic carbocycles. The number of hydrazine groups is 1. The molecule has 3 heteroatoms. The zero-order valence-electron chi connectivity index (χ0n) is 11.9. The summed E-state index contributed by atoms with van der Waals surface area (Å²) >= 11 is 0. The molecule has 0 spiro atoms. The molecule has 1 aromatic rings. The van der Waals surface area contributed by atoms with Crippen LogP contribution in [0.3, 0.4) is 0 Å². The predicted molar refractivity (Wildman–Crippen MR) is 81.1 cm³/mol. The maximum Gasteiger partial charge on any atom is 0.122 e. The first kappa shape index (κ1) is 15.7. The second-order valence-electron chi connectivity index (χ2n) is 4.81. The fraction of sp³-hybridized carbons (Fsp3) is 0.500. The van der Waals surface area contributed by atoms with Gasteiger partial charge in [0.15, 0.2) is 0 Å². The topological polar surface area (TPSA) is 47.3 Å². The largest absolute Gasteiger partial charge is 0.496 e. The Labute approximate surface area is 116 Å². The standard InChI is InChI=1S/C16H26N2O/c1-3-4-5-6-7-11-15(18-17)13-14-10-8-9-12-16(14)19-2/h3,8-10,12,15,18H,1,4-7,11,13,17H2,2H3. The van der Waals surface area contributed by atoms with Crippen molar-refractivity contribution in [2.24, 2.45) is 5.84 Å². The van der Waals surface area contributed by atoms with Crippen LogP contribution in [-0.4, -0.2) is 13.2 Å². The minimum absolute atomic E-state index is 0.306. The number of unbranched alkanes of at least 4 members (excludes halogenated alkanes) is 3. The van der Waals surface area contributed by atoms with Crippen LogP contribution < -0.4 is 16.0 Å². The minimum atomic E-state index is 0.306. The summed E-state index contributed by atoms with van der Waals surface area (Å²) in [4.78, 5) is 0. The first-order valence-corrected chi connectivity index (χ1v) is 7.00. The van der Waals surface area contributed by atoms with E-state index in [1.165, 1.54) is 24.8 Å². The normalized spacial score (nSPS) is 12.1. The first-order chi connectivity index (χ1) is 9.31. The maximum absolute atomic E-state index is 5.65. The van der Waals surface area contributed by atoms with Crippen LogP contribution in [0, 0.1) is 0 Å². The van der Waals surface area contributed by atoms with Crippen molar-refractivity contribution in [2.75, 3.05) is 7.11 Å². The number of para-hydroxylation sites is 1. The van der Waals surface area contributed by atoms with Gasteiger partial charge in [0.25, 0.3) is 0 Å². The quantitative estimate of drug-likeness (QED) is 0.294. The third-order valence-corrected chi connectivity index (χ3v) is 3.36. The number of rotatable bonds is 10. The molecule has 0 radical (unpaired) electrons. The molecule has 1 aromatic carbocycles. The van der Waals surface area contributed by atoms with Crippen molar-refractivity contribution < 1.29 is 4.74 Å². The van der Waals surface area contributed by atoms with E-state index in [9.17, 15) is 0 Å². The second-order valence-corrected chi connectivity index (χ2v) is 4.81. The van der Waals surface area contributed by atoms with E-state index >= 15 is 0 Å². The summed E-state index contributed by atoms with van der Waals surface area (Å²) in [5.74, 6) is 6.59. The van der Waals surface area contributed by atoms with Crippen LogP contribution in [0.4, 0.5) is 0 Å². The van der Waals surface area contributed by atoms with Gasteiger partial charge in [-0.2, -0.15) is 0 Å². The molecule has 1 atom stereocenters. The van der Waals surface area contributed by atoms with Crippen molar-refractivity contribution in [2.45, 2.75) is 44.6 Å². The molecule has 0 heterocycles. The van der Waals surface area contributed by atoms with E-state index in [1.54, 1.807) is 7.11 Å². The molecule has 1 unspecified atom stereocenters. The van der Waals surface area contributed by atoms with Gasteiger partial charge in [-0.1, -0.05) is 37.1 Å². The Bertz CT molecular complexity index is 366. The summed E-state index contributed by atoms with van der Waals surface area (Å²) in [6, 6.07) is 8.42. The SMILES string of the molecule is C=CCCCCCC(Cc1ccccc1OC)NN. The summed E-state index contributed by atoms with van der Waals surface area (Å²) < 4.78 is 5.37. The molecule has 3 nitrogen and oxygen atoms in total. The lowest BCUT2D eigenvalue weighted by Gasteiger charge is -2.17. The van der Waals surface area contributed by atoms with E-state index in [1.807, 2.05) is 24.3 Å². The molecule has 0 fully saturated rings. The number of benzene rings is 1. The highest BCUT2D eigenvalue weighted by Gasteiger charge is 2.10. The van der Waals surface area contributed by atoms with Gasteiger partial charge in [0.2, 0.25) is 0 Å². The van der Waals surface area contributed by atoms with Crippen LogP contribution in [0.1, 0.15) is 37.7 Å². The van der Waals surface area contributed by atoms with Gasteiger partial charge in [-0.25, -0.2) is 0 Å². The molecule has 106 valence electrons. The van der Waals surface area contributed by atoms with E-state index < -0.39 is 0 Å². The van der Waals surface area contributed by atoms with Gasteiger partial charge >= 0.3 is 0 Å². The molecule has 0 saturated heterocycles. The van der Waals surface area contributed by atoms with Gasteiger partial charge in [-0.05, 0) is 37.3 Å². The Kier molecular flexibility index (Phi) is 7.94. The van der Waals surface area contributed by atoms with Crippen molar-refractivity contribution in [3.63, 3.8) is 0 Å². The summed E-state index contributed by atoms with van der Waals surface area (Å²) in [7, 11) is 1.71. The van der Waals surface area contributed by atoms with Crippen molar-refractivity contribution in [1.82, 2.24) is 5.43 Å². The number of methoxy groups -OCH3 is 1. The molecular formula is C16H26N2O. The number of hydrogen-bond acceptors (Lipinski definition) is 3. The van der Waals surface area contributed by atoms with Crippen molar-refractivity contribution in [1.29, 1.82) is 0 Å². The van der Waals surface area contributed by atoms with E-state index in [4.69, 9.17) is 10.6 Å². The zero-order chi connectivity index (χ0) is 13.9. The number of ether oxygens (including phenoxy) is 1. The molecule has 0 amide bonds. The zero-order valence-corrected chi connectivity index (χ0v) is 11.9. The van der Waals surface area contributed by atoms with Gasteiger partial charge in [0.05, 0.1) is 7.11 Å². The summed E-state index contributed by atoms with van der Waals surface area (Å²) in [6.07, 6.45) is 8.72. The van der Waals surface area contributed by atoms with Crippen molar-refractivity contribution in [3.8, 4) is 5.75 Å². The summed E-state index contributed by atoms with van der Waals surface area (Å²) in [5.41, 5.74) is 4.12. The molecule has 0 aromatic heterocycles. The summed E-state index contributed by atoms with van der Waals surface area (Å²) in [6.45, 7) is 3.74. The maximum atomic E-state index is 5.65. The van der Waals surface area contributed by atoms with Gasteiger partial charge in [-0.15, -0.1) is 6.58 Å². The molecule has 0 saturated carbocycles. The highest BCUT2D eigenvalue weighted by molar-refractivity contribution is 5.33. The predicted octanol–water partition coefficient (Wildman–Crippen LogP) is 3.21. The fourth-order valence-corrected chi connectivity index (χ4v) is 2.24. The molecule has 0 aliphatic heterocycles.